The van der Waals surface area contributed by atoms with Crippen molar-refractivity contribution in [3.05, 3.63) is 0 Å². The Hall–Kier alpha value is -0.0400. The summed E-state index contributed by atoms with van der Waals surface area (Å²) in [6.07, 6.45) is 23.5. The van der Waals surface area contributed by atoms with Crippen molar-refractivity contribution >= 4 is 0 Å². The van der Waals surface area contributed by atoms with Crippen LogP contribution in [0.15, 0.2) is 0 Å². The van der Waals surface area contributed by atoms with Gasteiger partial charge in [-0.2, -0.15) is 0 Å². The van der Waals surface area contributed by atoms with E-state index in [4.69, 9.17) is 5.11 Å². The van der Waals surface area contributed by atoms with Gasteiger partial charge >= 0.3 is 0 Å². The van der Waals surface area contributed by atoms with Crippen molar-refractivity contribution in [3.63, 3.8) is 0 Å². The van der Waals surface area contributed by atoms with E-state index in [2.05, 4.69) is 6.92 Å². The van der Waals surface area contributed by atoms with Gasteiger partial charge in [0, 0.05) is 0 Å². The van der Waals surface area contributed by atoms with Crippen LogP contribution in [-0.2, 0) is 0 Å². The van der Waals surface area contributed by atoms with E-state index in [0.717, 1.165) is 6.42 Å². The predicted octanol–water partition coefficient (Wildman–Crippen LogP) is 7.02. The number of aliphatic hydroxyl groups excluding tert-OH is 1. The average molecular weight is 299 g/mol. The Labute approximate surface area is 134 Å². The molecular formula is C20H42O. The summed E-state index contributed by atoms with van der Waals surface area (Å²) in [6.45, 7) is 4.18. The molecule has 1 heteroatoms. The van der Waals surface area contributed by atoms with Gasteiger partial charge in [0.05, 0.1) is 6.10 Å². The maximum atomic E-state index is 9.17. The van der Waals surface area contributed by atoms with Crippen LogP contribution in [0, 0.1) is 0 Å². The van der Waals surface area contributed by atoms with Crippen LogP contribution in [0.4, 0.5) is 0 Å². The van der Waals surface area contributed by atoms with Gasteiger partial charge in [-0.25, -0.2) is 0 Å². The Morgan fingerprint density at radius 1 is 0.524 bits per heavy atom. The van der Waals surface area contributed by atoms with E-state index >= 15 is 0 Å². The van der Waals surface area contributed by atoms with E-state index < -0.39 is 0 Å². The molecule has 0 saturated heterocycles. The second-order valence-electron chi connectivity index (χ2n) is 6.94. The summed E-state index contributed by atoms with van der Waals surface area (Å²) >= 11 is 0. The largest absolute Gasteiger partial charge is 0.393 e. The SMILES string of the molecule is CCCCCCCCCCCCCCCCCC[C@@H](C)O. The molecule has 0 radical (unpaired) electrons. The van der Waals surface area contributed by atoms with Crippen molar-refractivity contribution < 1.29 is 5.11 Å². The third-order valence-electron chi connectivity index (χ3n) is 4.48. The maximum absolute atomic E-state index is 9.17. The Bertz CT molecular complexity index is 177. The summed E-state index contributed by atoms with van der Waals surface area (Å²) in [6, 6.07) is 0. The monoisotopic (exact) mass is 298 g/mol. The first kappa shape index (κ1) is 21.0. The molecule has 0 aromatic rings. The molecule has 0 unspecified atom stereocenters. The first-order chi connectivity index (χ1) is 10.3. The lowest BCUT2D eigenvalue weighted by molar-refractivity contribution is 0.180. The van der Waals surface area contributed by atoms with Gasteiger partial charge in [0.1, 0.15) is 0 Å². The minimum Gasteiger partial charge on any atom is -0.393 e. The molecule has 0 fully saturated rings. The smallest absolute Gasteiger partial charge is 0.0512 e. The standard InChI is InChI=1S/C20H42O/c1-3-4-5-6-7-8-9-10-11-12-13-14-15-16-17-18-19-20(2)21/h20-21H,3-19H2,1-2H3/t20-/m1/s1. The molecular weight excluding hydrogens is 256 g/mol. The van der Waals surface area contributed by atoms with E-state index in [1.54, 1.807) is 0 Å². The number of aliphatic hydroxyl groups is 1. The number of hydrogen-bond donors (Lipinski definition) is 1. The molecule has 1 N–H and O–H groups in total. The van der Waals surface area contributed by atoms with Crippen LogP contribution in [-0.4, -0.2) is 11.2 Å². The summed E-state index contributed by atoms with van der Waals surface area (Å²) in [5, 5.41) is 9.17. The second-order valence-corrected chi connectivity index (χ2v) is 6.94. The van der Waals surface area contributed by atoms with E-state index in [9.17, 15) is 0 Å². The summed E-state index contributed by atoms with van der Waals surface area (Å²) in [4.78, 5) is 0. The Balaban J connectivity index is 2.93. The minimum absolute atomic E-state index is 0.100. The van der Waals surface area contributed by atoms with Crippen molar-refractivity contribution in [2.24, 2.45) is 0 Å². The lowest BCUT2D eigenvalue weighted by atomic mass is 10.0. The highest BCUT2D eigenvalue weighted by Crippen LogP contribution is 2.14. The van der Waals surface area contributed by atoms with Gasteiger partial charge in [0.15, 0.2) is 0 Å². The summed E-state index contributed by atoms with van der Waals surface area (Å²) in [7, 11) is 0. The summed E-state index contributed by atoms with van der Waals surface area (Å²) in [5.41, 5.74) is 0. The number of hydrogen-bond acceptors (Lipinski definition) is 1. The molecule has 0 spiro atoms. The fraction of sp³-hybridized carbons (Fsp3) is 1.00. The van der Waals surface area contributed by atoms with Gasteiger partial charge < -0.3 is 5.11 Å². The van der Waals surface area contributed by atoms with E-state index in [1.807, 2.05) is 6.92 Å². The van der Waals surface area contributed by atoms with Gasteiger partial charge in [-0.3, -0.25) is 0 Å². The average Bonchev–Trinajstić information content (AvgIpc) is 2.46. The molecule has 0 aromatic heterocycles. The number of unbranched alkanes of at least 4 members (excludes halogenated alkanes) is 15. The molecule has 1 atom stereocenters. The first-order valence-electron chi connectivity index (χ1n) is 9.95. The molecule has 0 saturated carbocycles. The zero-order chi connectivity index (χ0) is 15.6. The zero-order valence-corrected chi connectivity index (χ0v) is 15.0. The second kappa shape index (κ2) is 18.0. The highest BCUT2D eigenvalue weighted by atomic mass is 16.3. The fourth-order valence-electron chi connectivity index (χ4n) is 2.99. The normalized spacial score (nSPS) is 12.7. The van der Waals surface area contributed by atoms with Gasteiger partial charge in [-0.1, -0.05) is 110 Å². The molecule has 0 bridgehead atoms. The molecule has 0 amide bonds. The van der Waals surface area contributed by atoms with Gasteiger partial charge in [-0.05, 0) is 13.3 Å². The van der Waals surface area contributed by atoms with E-state index in [0.29, 0.717) is 0 Å². The molecule has 0 aromatic carbocycles. The Kier molecular flexibility index (Phi) is 18.0. The molecule has 128 valence electrons. The van der Waals surface area contributed by atoms with Crippen LogP contribution in [0.5, 0.6) is 0 Å². The molecule has 0 aliphatic heterocycles. The predicted molar refractivity (Wildman–Crippen MR) is 95.8 cm³/mol. The molecule has 0 aliphatic rings. The lowest BCUT2D eigenvalue weighted by Gasteiger charge is -2.04. The zero-order valence-electron chi connectivity index (χ0n) is 15.0. The van der Waals surface area contributed by atoms with Gasteiger partial charge in [-0.15, -0.1) is 0 Å². The third-order valence-corrected chi connectivity index (χ3v) is 4.48. The Morgan fingerprint density at radius 2 is 0.810 bits per heavy atom. The molecule has 0 aliphatic carbocycles. The topological polar surface area (TPSA) is 20.2 Å². The molecule has 0 rings (SSSR count). The van der Waals surface area contributed by atoms with Crippen molar-refractivity contribution in [1.82, 2.24) is 0 Å². The third kappa shape index (κ3) is 20.0. The quantitative estimate of drug-likeness (QED) is 0.286. The van der Waals surface area contributed by atoms with Crippen LogP contribution in [0.1, 0.15) is 123 Å². The maximum Gasteiger partial charge on any atom is 0.0512 e. The summed E-state index contributed by atoms with van der Waals surface area (Å²) < 4.78 is 0. The van der Waals surface area contributed by atoms with Crippen LogP contribution in [0.3, 0.4) is 0 Å². The summed E-state index contributed by atoms with van der Waals surface area (Å²) in [5.74, 6) is 0. The van der Waals surface area contributed by atoms with Crippen LogP contribution >= 0.6 is 0 Å². The van der Waals surface area contributed by atoms with Crippen LogP contribution in [0.2, 0.25) is 0 Å². The van der Waals surface area contributed by atoms with Crippen molar-refractivity contribution in [2.45, 2.75) is 129 Å². The fourth-order valence-corrected chi connectivity index (χ4v) is 2.99. The van der Waals surface area contributed by atoms with Gasteiger partial charge in [0.25, 0.3) is 0 Å². The highest BCUT2D eigenvalue weighted by molar-refractivity contribution is 4.51. The molecule has 0 heterocycles. The van der Waals surface area contributed by atoms with E-state index in [1.165, 1.54) is 103 Å². The number of rotatable bonds is 17. The first-order valence-corrected chi connectivity index (χ1v) is 9.95. The Morgan fingerprint density at radius 3 is 1.10 bits per heavy atom. The molecule has 1 nitrogen and oxygen atoms in total. The minimum atomic E-state index is -0.100. The van der Waals surface area contributed by atoms with Crippen molar-refractivity contribution in [3.8, 4) is 0 Å². The van der Waals surface area contributed by atoms with Crippen molar-refractivity contribution in [1.29, 1.82) is 0 Å². The van der Waals surface area contributed by atoms with Crippen LogP contribution in [0.25, 0.3) is 0 Å². The molecule has 21 heavy (non-hydrogen) atoms. The van der Waals surface area contributed by atoms with Crippen molar-refractivity contribution in [2.75, 3.05) is 0 Å². The lowest BCUT2D eigenvalue weighted by Crippen LogP contribution is -1.98. The highest BCUT2D eigenvalue weighted by Gasteiger charge is 1.96. The van der Waals surface area contributed by atoms with Crippen LogP contribution < -0.4 is 0 Å². The van der Waals surface area contributed by atoms with Gasteiger partial charge in [0.2, 0.25) is 0 Å². The van der Waals surface area contributed by atoms with E-state index in [-0.39, 0.29) is 6.10 Å².